The molecule has 0 bridgehead atoms. The lowest BCUT2D eigenvalue weighted by Gasteiger charge is -2.31. The van der Waals surface area contributed by atoms with E-state index in [0.717, 1.165) is 42.8 Å². The molecular weight excluding hydrogens is 248 g/mol. The fourth-order valence-electron chi connectivity index (χ4n) is 2.71. The van der Waals surface area contributed by atoms with E-state index in [-0.39, 0.29) is 0 Å². The van der Waals surface area contributed by atoms with Crippen molar-refractivity contribution in [1.82, 2.24) is 10.3 Å². The molecule has 1 aliphatic rings. The predicted molar refractivity (Wildman–Crippen MR) is 82.8 cm³/mol. The van der Waals surface area contributed by atoms with Crippen LogP contribution >= 0.6 is 0 Å². The lowest BCUT2D eigenvalue weighted by Crippen LogP contribution is -2.29. The molecule has 1 saturated carbocycles. The van der Waals surface area contributed by atoms with Gasteiger partial charge in [0, 0.05) is 18.7 Å². The largest absolute Gasteiger partial charge is 0.474 e. The molecule has 20 heavy (non-hydrogen) atoms. The Hall–Kier alpha value is -1.09. The number of aromatic nitrogens is 1. The van der Waals surface area contributed by atoms with E-state index in [2.05, 4.69) is 38.0 Å². The Kier molecular flexibility index (Phi) is 5.41. The summed E-state index contributed by atoms with van der Waals surface area (Å²) >= 11 is 0. The summed E-state index contributed by atoms with van der Waals surface area (Å²) in [4.78, 5) is 4.60. The van der Waals surface area contributed by atoms with Gasteiger partial charge < -0.3 is 10.1 Å². The van der Waals surface area contributed by atoms with Crippen molar-refractivity contribution < 1.29 is 4.74 Å². The van der Waals surface area contributed by atoms with Crippen molar-refractivity contribution in [2.24, 2.45) is 11.8 Å². The van der Waals surface area contributed by atoms with E-state index < -0.39 is 0 Å². The van der Waals surface area contributed by atoms with Gasteiger partial charge >= 0.3 is 0 Å². The lowest BCUT2D eigenvalue weighted by molar-refractivity contribution is 0.0962. The van der Waals surface area contributed by atoms with Crippen molar-refractivity contribution in [3.05, 3.63) is 23.9 Å². The number of nitrogens with zero attached hydrogens (tertiary/aromatic N) is 1. The van der Waals surface area contributed by atoms with Crippen molar-refractivity contribution in [1.29, 1.82) is 0 Å². The fourth-order valence-corrected chi connectivity index (χ4v) is 2.71. The molecule has 0 aliphatic heterocycles. The Morgan fingerprint density at radius 3 is 2.75 bits per heavy atom. The van der Waals surface area contributed by atoms with E-state index in [0.29, 0.717) is 12.1 Å². The van der Waals surface area contributed by atoms with E-state index in [1.165, 1.54) is 6.42 Å². The van der Waals surface area contributed by atoms with E-state index in [1.807, 2.05) is 18.2 Å². The monoisotopic (exact) mass is 276 g/mol. The average molecular weight is 276 g/mol. The molecule has 0 saturated heterocycles. The Morgan fingerprint density at radius 1 is 1.25 bits per heavy atom. The van der Waals surface area contributed by atoms with Gasteiger partial charge in [-0.3, -0.25) is 0 Å². The third kappa shape index (κ3) is 4.48. The van der Waals surface area contributed by atoms with Crippen LogP contribution in [0.15, 0.2) is 18.2 Å². The van der Waals surface area contributed by atoms with Crippen LogP contribution in [0.1, 0.15) is 52.7 Å². The van der Waals surface area contributed by atoms with Gasteiger partial charge in [0.2, 0.25) is 5.88 Å². The molecule has 112 valence electrons. The summed E-state index contributed by atoms with van der Waals surface area (Å²) in [6.07, 6.45) is 3.90. The fraction of sp³-hybridized carbons (Fsp3) is 0.706. The van der Waals surface area contributed by atoms with E-state index in [1.54, 1.807) is 0 Å². The zero-order chi connectivity index (χ0) is 14.5. The highest BCUT2D eigenvalue weighted by Gasteiger charge is 2.25. The van der Waals surface area contributed by atoms with E-state index in [4.69, 9.17) is 4.74 Å². The molecular formula is C17H28N2O. The van der Waals surface area contributed by atoms with Crippen molar-refractivity contribution in [2.75, 3.05) is 0 Å². The third-order valence-electron chi connectivity index (χ3n) is 4.31. The summed E-state index contributed by atoms with van der Waals surface area (Å²) in [6, 6.07) is 6.53. The molecule has 3 nitrogen and oxygen atoms in total. The molecule has 1 fully saturated rings. The van der Waals surface area contributed by atoms with Gasteiger partial charge in [-0.15, -0.1) is 0 Å². The Balaban J connectivity index is 1.91. The van der Waals surface area contributed by atoms with Gasteiger partial charge in [-0.05, 0) is 37.2 Å². The van der Waals surface area contributed by atoms with E-state index >= 15 is 0 Å². The normalized spacial score (nSPS) is 26.8. The smallest absolute Gasteiger partial charge is 0.213 e. The second-order valence-corrected chi connectivity index (χ2v) is 6.51. The van der Waals surface area contributed by atoms with Gasteiger partial charge in [-0.2, -0.15) is 0 Å². The molecule has 1 aromatic rings. The second-order valence-electron chi connectivity index (χ2n) is 6.51. The standard InChI is InChI=1S/C17H28N2O/c1-12(2)18-11-15-6-5-7-17(19-15)20-16-9-8-13(3)14(4)10-16/h5-7,12-14,16,18H,8-11H2,1-4H3. The van der Waals surface area contributed by atoms with Crippen LogP contribution in [0.3, 0.4) is 0 Å². The lowest BCUT2D eigenvalue weighted by atomic mass is 9.80. The Bertz CT molecular complexity index is 419. The molecule has 0 spiro atoms. The van der Waals surface area contributed by atoms with Crippen molar-refractivity contribution in [2.45, 2.75) is 65.6 Å². The third-order valence-corrected chi connectivity index (χ3v) is 4.31. The van der Waals surface area contributed by atoms with Gasteiger partial charge in [-0.1, -0.05) is 33.8 Å². The summed E-state index contributed by atoms with van der Waals surface area (Å²) in [6.45, 7) is 9.76. The highest BCUT2D eigenvalue weighted by Crippen LogP contribution is 2.31. The Morgan fingerprint density at radius 2 is 2.05 bits per heavy atom. The molecule has 0 radical (unpaired) electrons. The maximum absolute atomic E-state index is 6.08. The average Bonchev–Trinajstić information content (AvgIpc) is 2.41. The van der Waals surface area contributed by atoms with Gasteiger partial charge in [-0.25, -0.2) is 4.98 Å². The first kappa shape index (κ1) is 15.3. The SMILES string of the molecule is CC(C)NCc1cccc(OC2CCC(C)C(C)C2)n1. The first-order valence-electron chi connectivity index (χ1n) is 7.90. The van der Waals surface area contributed by atoms with Gasteiger partial charge in [0.1, 0.15) is 6.10 Å². The minimum atomic E-state index is 0.335. The molecule has 1 heterocycles. The number of hydrogen-bond acceptors (Lipinski definition) is 3. The summed E-state index contributed by atoms with van der Waals surface area (Å²) in [7, 11) is 0. The van der Waals surface area contributed by atoms with Crippen LogP contribution < -0.4 is 10.1 Å². The van der Waals surface area contributed by atoms with Crippen LogP contribution in [0.4, 0.5) is 0 Å². The van der Waals surface area contributed by atoms with Crippen LogP contribution in [0.25, 0.3) is 0 Å². The van der Waals surface area contributed by atoms with Crippen LogP contribution in [0.2, 0.25) is 0 Å². The van der Waals surface area contributed by atoms with Crippen molar-refractivity contribution in [3.8, 4) is 5.88 Å². The van der Waals surface area contributed by atoms with Gasteiger partial charge in [0.15, 0.2) is 0 Å². The number of pyridine rings is 1. The van der Waals surface area contributed by atoms with E-state index in [9.17, 15) is 0 Å². The van der Waals surface area contributed by atoms with Crippen LogP contribution in [0.5, 0.6) is 5.88 Å². The van der Waals surface area contributed by atoms with Gasteiger partial charge in [0.05, 0.1) is 5.69 Å². The first-order valence-corrected chi connectivity index (χ1v) is 7.90. The molecule has 0 amide bonds. The van der Waals surface area contributed by atoms with Crippen LogP contribution in [0, 0.1) is 11.8 Å². The van der Waals surface area contributed by atoms with Crippen molar-refractivity contribution in [3.63, 3.8) is 0 Å². The summed E-state index contributed by atoms with van der Waals surface area (Å²) < 4.78 is 6.08. The quantitative estimate of drug-likeness (QED) is 0.888. The zero-order valence-corrected chi connectivity index (χ0v) is 13.2. The Labute approximate surface area is 123 Å². The number of nitrogens with one attached hydrogen (secondary N) is 1. The zero-order valence-electron chi connectivity index (χ0n) is 13.2. The molecule has 3 unspecified atom stereocenters. The molecule has 3 heteroatoms. The minimum Gasteiger partial charge on any atom is -0.474 e. The van der Waals surface area contributed by atoms with Crippen LogP contribution in [-0.2, 0) is 6.54 Å². The van der Waals surface area contributed by atoms with Gasteiger partial charge in [0.25, 0.3) is 0 Å². The second kappa shape index (κ2) is 7.07. The molecule has 1 aliphatic carbocycles. The highest BCUT2D eigenvalue weighted by molar-refractivity contribution is 5.16. The number of ether oxygens (including phenoxy) is 1. The molecule has 3 atom stereocenters. The van der Waals surface area contributed by atoms with Crippen molar-refractivity contribution >= 4 is 0 Å². The topological polar surface area (TPSA) is 34.1 Å². The number of rotatable bonds is 5. The summed E-state index contributed by atoms with van der Waals surface area (Å²) in [5, 5.41) is 3.39. The minimum absolute atomic E-state index is 0.335. The van der Waals surface area contributed by atoms with Crippen LogP contribution in [-0.4, -0.2) is 17.1 Å². The first-order chi connectivity index (χ1) is 9.54. The molecule has 1 aromatic heterocycles. The maximum Gasteiger partial charge on any atom is 0.213 e. The molecule has 2 rings (SSSR count). The predicted octanol–water partition coefficient (Wildman–Crippen LogP) is 3.78. The molecule has 0 aromatic carbocycles. The summed E-state index contributed by atoms with van der Waals surface area (Å²) in [5.41, 5.74) is 1.05. The maximum atomic E-state index is 6.08. The summed E-state index contributed by atoms with van der Waals surface area (Å²) in [5.74, 6) is 2.35. The number of hydrogen-bond donors (Lipinski definition) is 1. The highest BCUT2D eigenvalue weighted by atomic mass is 16.5. The molecule has 1 N–H and O–H groups in total.